The van der Waals surface area contributed by atoms with Crippen molar-refractivity contribution >= 4 is 17.4 Å². The minimum Gasteiger partial charge on any atom is -0.384 e. The van der Waals surface area contributed by atoms with Crippen molar-refractivity contribution in [3.05, 3.63) is 53.2 Å². The summed E-state index contributed by atoms with van der Waals surface area (Å²) in [4.78, 5) is 16.2. The van der Waals surface area contributed by atoms with Gasteiger partial charge in [0.1, 0.15) is 5.82 Å². The van der Waals surface area contributed by atoms with Crippen LogP contribution in [-0.2, 0) is 0 Å². The lowest BCUT2D eigenvalue weighted by Gasteiger charge is -2.09. The number of anilines is 2. The summed E-state index contributed by atoms with van der Waals surface area (Å²) in [7, 11) is 0. The Balaban J connectivity index is 2.14. The molecule has 1 aromatic heterocycles. The number of nitrogen functional groups attached to an aromatic ring is 1. The van der Waals surface area contributed by atoms with Crippen LogP contribution >= 0.6 is 0 Å². The van der Waals surface area contributed by atoms with E-state index in [0.717, 1.165) is 11.4 Å². The molecule has 0 fully saturated rings. The Labute approximate surface area is 119 Å². The Hall–Kier alpha value is -2.36. The number of nitrogens with zero attached hydrogens (tertiary/aromatic N) is 1. The van der Waals surface area contributed by atoms with Gasteiger partial charge in [-0.15, -0.1) is 0 Å². The summed E-state index contributed by atoms with van der Waals surface area (Å²) in [5, 5.41) is 2.86. The quantitative estimate of drug-likeness (QED) is 0.897. The fourth-order valence-corrected chi connectivity index (χ4v) is 1.98. The lowest BCUT2D eigenvalue weighted by atomic mass is 10.0. The van der Waals surface area contributed by atoms with Crippen molar-refractivity contribution in [2.24, 2.45) is 0 Å². The van der Waals surface area contributed by atoms with Crippen LogP contribution in [0.4, 0.5) is 11.5 Å². The second kappa shape index (κ2) is 5.74. The van der Waals surface area contributed by atoms with Gasteiger partial charge in [-0.3, -0.25) is 4.79 Å². The highest BCUT2D eigenvalue weighted by molar-refractivity contribution is 6.04. The number of aromatic nitrogens is 1. The molecule has 0 spiro atoms. The molecule has 3 N–H and O–H groups in total. The van der Waals surface area contributed by atoms with Gasteiger partial charge in [0.2, 0.25) is 0 Å². The third kappa shape index (κ3) is 3.35. The maximum absolute atomic E-state index is 12.1. The summed E-state index contributed by atoms with van der Waals surface area (Å²) >= 11 is 0. The molecule has 1 amide bonds. The molecule has 2 rings (SSSR count). The summed E-state index contributed by atoms with van der Waals surface area (Å²) in [6.07, 6.45) is 0. The summed E-state index contributed by atoms with van der Waals surface area (Å²) in [6.45, 7) is 6.08. The molecule has 1 aromatic carbocycles. The molecule has 20 heavy (non-hydrogen) atoms. The van der Waals surface area contributed by atoms with Gasteiger partial charge in [0.15, 0.2) is 0 Å². The number of rotatable bonds is 3. The lowest BCUT2D eigenvalue weighted by molar-refractivity contribution is 0.102. The molecule has 0 aliphatic heterocycles. The molecule has 4 heteroatoms. The van der Waals surface area contributed by atoms with Gasteiger partial charge in [-0.25, -0.2) is 4.98 Å². The number of nitrogens with one attached hydrogen (secondary N) is 1. The van der Waals surface area contributed by atoms with E-state index in [-0.39, 0.29) is 5.91 Å². The van der Waals surface area contributed by atoms with Crippen LogP contribution in [0.25, 0.3) is 0 Å². The van der Waals surface area contributed by atoms with E-state index in [1.165, 1.54) is 5.56 Å². The zero-order valence-corrected chi connectivity index (χ0v) is 12.0. The molecule has 0 radical (unpaired) electrons. The van der Waals surface area contributed by atoms with E-state index in [4.69, 9.17) is 5.73 Å². The number of nitrogens with two attached hydrogens (primary N) is 1. The van der Waals surface area contributed by atoms with Crippen molar-refractivity contribution in [2.45, 2.75) is 26.7 Å². The lowest BCUT2D eigenvalue weighted by Crippen LogP contribution is -2.13. The Morgan fingerprint density at radius 3 is 2.40 bits per heavy atom. The number of amides is 1. The Morgan fingerprint density at radius 1 is 1.20 bits per heavy atom. The van der Waals surface area contributed by atoms with Crippen molar-refractivity contribution in [1.29, 1.82) is 0 Å². The molecule has 2 aromatic rings. The predicted octanol–water partition coefficient (Wildman–Crippen LogP) is 3.35. The number of hydrogen-bond donors (Lipinski definition) is 2. The van der Waals surface area contributed by atoms with Crippen LogP contribution in [-0.4, -0.2) is 10.9 Å². The van der Waals surface area contributed by atoms with E-state index in [2.05, 4.69) is 24.1 Å². The maximum atomic E-state index is 12.1. The summed E-state index contributed by atoms with van der Waals surface area (Å²) in [5.41, 5.74) is 8.91. The predicted molar refractivity (Wildman–Crippen MR) is 81.9 cm³/mol. The number of aryl methyl sites for hydroxylation is 1. The Kier molecular flexibility index (Phi) is 4.03. The van der Waals surface area contributed by atoms with E-state index in [9.17, 15) is 4.79 Å². The van der Waals surface area contributed by atoms with E-state index in [1.54, 1.807) is 12.1 Å². The standard InChI is InChI=1S/C16H19N3O/c1-10(2)12-4-6-14(7-5-12)19-16(20)13-8-11(3)18-15(17)9-13/h4-10H,1-3H3,(H2,17,18)(H,19,20). The van der Waals surface area contributed by atoms with Gasteiger partial charge in [0.25, 0.3) is 5.91 Å². The van der Waals surface area contributed by atoms with Crippen molar-refractivity contribution in [1.82, 2.24) is 4.98 Å². The fourth-order valence-electron chi connectivity index (χ4n) is 1.98. The van der Waals surface area contributed by atoms with Crippen LogP contribution in [0.5, 0.6) is 0 Å². The van der Waals surface area contributed by atoms with Crippen LogP contribution in [0, 0.1) is 6.92 Å². The number of carbonyl (C=O) groups excluding carboxylic acids is 1. The number of benzene rings is 1. The van der Waals surface area contributed by atoms with E-state index in [1.807, 2.05) is 31.2 Å². The first-order chi connectivity index (χ1) is 9.45. The second-order valence-electron chi connectivity index (χ2n) is 5.15. The SMILES string of the molecule is Cc1cc(C(=O)Nc2ccc(C(C)C)cc2)cc(N)n1. The number of pyridine rings is 1. The minimum absolute atomic E-state index is 0.181. The van der Waals surface area contributed by atoms with Crippen LogP contribution < -0.4 is 11.1 Å². The molecule has 0 aliphatic rings. The highest BCUT2D eigenvalue weighted by Crippen LogP contribution is 2.18. The second-order valence-corrected chi connectivity index (χ2v) is 5.15. The molecule has 0 saturated carbocycles. The van der Waals surface area contributed by atoms with Gasteiger partial charge in [0, 0.05) is 16.9 Å². The van der Waals surface area contributed by atoms with Crippen LogP contribution in [0.15, 0.2) is 36.4 Å². The van der Waals surface area contributed by atoms with Crippen molar-refractivity contribution in [3.63, 3.8) is 0 Å². The third-order valence-electron chi connectivity index (χ3n) is 3.07. The molecule has 0 aliphatic carbocycles. The van der Waals surface area contributed by atoms with Gasteiger partial charge >= 0.3 is 0 Å². The van der Waals surface area contributed by atoms with Gasteiger partial charge in [-0.1, -0.05) is 26.0 Å². The maximum Gasteiger partial charge on any atom is 0.255 e. The van der Waals surface area contributed by atoms with Crippen LogP contribution in [0.1, 0.15) is 41.4 Å². The molecule has 4 nitrogen and oxygen atoms in total. The zero-order chi connectivity index (χ0) is 14.7. The number of hydrogen-bond acceptors (Lipinski definition) is 3. The van der Waals surface area contributed by atoms with Crippen molar-refractivity contribution < 1.29 is 4.79 Å². The first-order valence-electron chi connectivity index (χ1n) is 6.61. The molecule has 0 unspecified atom stereocenters. The van der Waals surface area contributed by atoms with E-state index >= 15 is 0 Å². The average Bonchev–Trinajstić information content (AvgIpc) is 2.38. The minimum atomic E-state index is -0.181. The highest BCUT2D eigenvalue weighted by atomic mass is 16.1. The summed E-state index contributed by atoms with van der Waals surface area (Å²) in [5.74, 6) is 0.646. The zero-order valence-electron chi connectivity index (χ0n) is 12.0. The number of carbonyl (C=O) groups is 1. The van der Waals surface area contributed by atoms with Crippen molar-refractivity contribution in [3.8, 4) is 0 Å². The molecule has 0 bridgehead atoms. The largest absolute Gasteiger partial charge is 0.384 e. The molecule has 0 saturated heterocycles. The highest BCUT2D eigenvalue weighted by Gasteiger charge is 2.08. The summed E-state index contributed by atoms with van der Waals surface area (Å²) < 4.78 is 0. The molecule has 0 atom stereocenters. The van der Waals surface area contributed by atoms with Gasteiger partial charge < -0.3 is 11.1 Å². The fraction of sp³-hybridized carbons (Fsp3) is 0.250. The van der Waals surface area contributed by atoms with Crippen molar-refractivity contribution in [2.75, 3.05) is 11.1 Å². The monoisotopic (exact) mass is 269 g/mol. The van der Waals surface area contributed by atoms with E-state index < -0.39 is 0 Å². The average molecular weight is 269 g/mol. The first kappa shape index (κ1) is 14.1. The Bertz CT molecular complexity index is 598. The summed E-state index contributed by atoms with van der Waals surface area (Å²) in [6, 6.07) is 11.1. The topological polar surface area (TPSA) is 68.0 Å². The van der Waals surface area contributed by atoms with Gasteiger partial charge in [-0.2, -0.15) is 0 Å². The molecular weight excluding hydrogens is 250 g/mol. The normalized spacial score (nSPS) is 10.6. The molecular formula is C16H19N3O. The Morgan fingerprint density at radius 2 is 1.85 bits per heavy atom. The van der Waals surface area contributed by atoms with E-state index in [0.29, 0.717) is 17.3 Å². The molecule has 1 heterocycles. The van der Waals surface area contributed by atoms with Crippen LogP contribution in [0.3, 0.4) is 0 Å². The van der Waals surface area contributed by atoms with Crippen LogP contribution in [0.2, 0.25) is 0 Å². The van der Waals surface area contributed by atoms with Gasteiger partial charge in [-0.05, 0) is 42.7 Å². The molecule has 104 valence electrons. The smallest absolute Gasteiger partial charge is 0.255 e. The van der Waals surface area contributed by atoms with Gasteiger partial charge in [0.05, 0.1) is 0 Å². The third-order valence-corrected chi connectivity index (χ3v) is 3.07. The first-order valence-corrected chi connectivity index (χ1v) is 6.61.